The summed E-state index contributed by atoms with van der Waals surface area (Å²) in [5.41, 5.74) is 0.796. The maximum atomic E-state index is 9.70. The molecule has 82 valence electrons. The highest BCUT2D eigenvalue weighted by Gasteiger charge is 2.14. The van der Waals surface area contributed by atoms with Crippen LogP contribution < -0.4 is 5.32 Å². The molecule has 0 radical (unpaired) electrons. The van der Waals surface area contributed by atoms with Gasteiger partial charge in [-0.1, -0.05) is 15.9 Å². The third-order valence-corrected chi connectivity index (χ3v) is 3.03. The summed E-state index contributed by atoms with van der Waals surface area (Å²) in [6.07, 6.45) is 1.99. The first-order chi connectivity index (χ1) is 7.25. The molecule has 1 aromatic rings. The molecule has 0 unspecified atom stereocenters. The molecular formula is C11H14BrNO2. The van der Waals surface area contributed by atoms with Crippen molar-refractivity contribution in [3.05, 3.63) is 22.7 Å². The summed E-state index contributed by atoms with van der Waals surface area (Å²) in [5, 5.41) is 13.0. The summed E-state index contributed by atoms with van der Waals surface area (Å²) < 4.78 is 6.16. The fraction of sp³-hybridized carbons (Fsp3) is 0.455. The number of phenolic OH excluding ortho intramolecular Hbond substituents is 1. The molecule has 2 rings (SSSR count). The van der Waals surface area contributed by atoms with Crippen LogP contribution in [0.2, 0.25) is 0 Å². The van der Waals surface area contributed by atoms with Crippen molar-refractivity contribution in [1.82, 2.24) is 0 Å². The zero-order valence-electron chi connectivity index (χ0n) is 8.37. The molecule has 4 heteroatoms. The Balaban J connectivity index is 2.03. The smallest absolute Gasteiger partial charge is 0.139 e. The van der Waals surface area contributed by atoms with E-state index < -0.39 is 0 Å². The van der Waals surface area contributed by atoms with Gasteiger partial charge >= 0.3 is 0 Å². The molecule has 1 aromatic carbocycles. The Morgan fingerprint density at radius 1 is 1.33 bits per heavy atom. The summed E-state index contributed by atoms with van der Waals surface area (Å²) in [4.78, 5) is 0. The first-order valence-corrected chi connectivity index (χ1v) is 5.88. The lowest BCUT2D eigenvalue weighted by molar-refractivity contribution is 0.0904. The number of halogens is 1. The van der Waals surface area contributed by atoms with Gasteiger partial charge in [-0.3, -0.25) is 0 Å². The predicted molar refractivity (Wildman–Crippen MR) is 63.3 cm³/mol. The Kier molecular flexibility index (Phi) is 3.49. The standard InChI is InChI=1S/C11H14BrNO2/c12-8-1-2-10(11(14)7-8)13-9-3-5-15-6-4-9/h1-2,7,9,13-14H,3-6H2. The molecule has 2 N–H and O–H groups in total. The molecule has 1 aliphatic heterocycles. The van der Waals surface area contributed by atoms with E-state index in [-0.39, 0.29) is 5.75 Å². The van der Waals surface area contributed by atoms with Crippen LogP contribution in [0.25, 0.3) is 0 Å². The van der Waals surface area contributed by atoms with Gasteiger partial charge in [0.05, 0.1) is 5.69 Å². The second-order valence-electron chi connectivity index (χ2n) is 3.69. The molecule has 3 nitrogen and oxygen atoms in total. The minimum Gasteiger partial charge on any atom is -0.506 e. The van der Waals surface area contributed by atoms with Crippen molar-refractivity contribution in [3.8, 4) is 5.75 Å². The highest BCUT2D eigenvalue weighted by molar-refractivity contribution is 9.10. The zero-order chi connectivity index (χ0) is 10.7. The van der Waals surface area contributed by atoms with Gasteiger partial charge in [0.15, 0.2) is 0 Å². The first-order valence-electron chi connectivity index (χ1n) is 5.08. The molecule has 0 saturated carbocycles. The first kappa shape index (κ1) is 10.8. The Bertz CT molecular complexity index is 337. The molecule has 0 amide bonds. The van der Waals surface area contributed by atoms with Crippen LogP contribution in [0.5, 0.6) is 5.75 Å². The van der Waals surface area contributed by atoms with Crippen LogP contribution in [0.15, 0.2) is 22.7 Å². The average molecular weight is 272 g/mol. The van der Waals surface area contributed by atoms with E-state index in [1.54, 1.807) is 6.07 Å². The monoisotopic (exact) mass is 271 g/mol. The van der Waals surface area contributed by atoms with Gasteiger partial charge in [-0.15, -0.1) is 0 Å². The fourth-order valence-electron chi connectivity index (χ4n) is 1.69. The molecule has 1 heterocycles. The number of hydrogen-bond acceptors (Lipinski definition) is 3. The number of rotatable bonds is 2. The summed E-state index contributed by atoms with van der Waals surface area (Å²) in [7, 11) is 0. The summed E-state index contributed by atoms with van der Waals surface area (Å²) in [6.45, 7) is 1.60. The molecule has 0 aliphatic carbocycles. The Labute approximate surface area is 97.6 Å². The van der Waals surface area contributed by atoms with E-state index in [0.29, 0.717) is 6.04 Å². The van der Waals surface area contributed by atoms with Crippen molar-refractivity contribution in [2.24, 2.45) is 0 Å². The van der Waals surface area contributed by atoms with Crippen molar-refractivity contribution in [3.63, 3.8) is 0 Å². The molecular weight excluding hydrogens is 258 g/mol. The molecule has 0 bridgehead atoms. The van der Waals surface area contributed by atoms with Gasteiger partial charge in [-0.05, 0) is 31.0 Å². The van der Waals surface area contributed by atoms with Crippen molar-refractivity contribution >= 4 is 21.6 Å². The number of benzene rings is 1. The predicted octanol–water partition coefficient (Wildman–Crippen LogP) is 2.75. The van der Waals surface area contributed by atoms with Crippen LogP contribution in [-0.2, 0) is 4.74 Å². The second-order valence-corrected chi connectivity index (χ2v) is 4.61. The molecule has 1 saturated heterocycles. The van der Waals surface area contributed by atoms with Crippen molar-refractivity contribution < 1.29 is 9.84 Å². The topological polar surface area (TPSA) is 41.5 Å². The molecule has 0 aromatic heterocycles. The van der Waals surface area contributed by atoms with Gasteiger partial charge in [-0.25, -0.2) is 0 Å². The van der Waals surface area contributed by atoms with Gasteiger partial charge in [-0.2, -0.15) is 0 Å². The van der Waals surface area contributed by atoms with Crippen LogP contribution in [0.1, 0.15) is 12.8 Å². The van der Waals surface area contributed by atoms with Crippen molar-refractivity contribution in [2.75, 3.05) is 18.5 Å². The van der Waals surface area contributed by atoms with Gasteiger partial charge < -0.3 is 15.2 Å². The third kappa shape index (κ3) is 2.86. The minimum atomic E-state index is 0.288. The maximum absolute atomic E-state index is 9.70. The fourth-order valence-corrected chi connectivity index (χ4v) is 2.04. The molecule has 0 spiro atoms. The van der Waals surface area contributed by atoms with Crippen LogP contribution >= 0.6 is 15.9 Å². The van der Waals surface area contributed by atoms with E-state index in [4.69, 9.17) is 4.74 Å². The van der Waals surface area contributed by atoms with Gasteiger partial charge in [0, 0.05) is 23.7 Å². The SMILES string of the molecule is Oc1cc(Br)ccc1NC1CCOCC1. The lowest BCUT2D eigenvalue weighted by atomic mass is 10.1. The van der Waals surface area contributed by atoms with Crippen LogP contribution in [0, 0.1) is 0 Å². The third-order valence-electron chi connectivity index (χ3n) is 2.54. The number of nitrogens with one attached hydrogen (secondary N) is 1. The number of ether oxygens (including phenoxy) is 1. The van der Waals surface area contributed by atoms with E-state index in [1.807, 2.05) is 12.1 Å². The summed E-state index contributed by atoms with van der Waals surface area (Å²) in [5.74, 6) is 0.288. The van der Waals surface area contributed by atoms with E-state index in [1.165, 1.54) is 0 Å². The van der Waals surface area contributed by atoms with Crippen molar-refractivity contribution in [2.45, 2.75) is 18.9 Å². The van der Waals surface area contributed by atoms with Gasteiger partial charge in [0.2, 0.25) is 0 Å². The van der Waals surface area contributed by atoms with Crippen molar-refractivity contribution in [1.29, 1.82) is 0 Å². The van der Waals surface area contributed by atoms with Crippen LogP contribution in [0.4, 0.5) is 5.69 Å². The van der Waals surface area contributed by atoms with Crippen LogP contribution in [-0.4, -0.2) is 24.4 Å². The highest BCUT2D eigenvalue weighted by Crippen LogP contribution is 2.28. The Morgan fingerprint density at radius 2 is 2.07 bits per heavy atom. The quantitative estimate of drug-likeness (QED) is 0.813. The molecule has 1 fully saturated rings. The van der Waals surface area contributed by atoms with E-state index >= 15 is 0 Å². The molecule has 0 atom stereocenters. The van der Waals surface area contributed by atoms with Gasteiger partial charge in [0.1, 0.15) is 5.75 Å². The average Bonchev–Trinajstić information content (AvgIpc) is 2.24. The lowest BCUT2D eigenvalue weighted by Crippen LogP contribution is -2.27. The minimum absolute atomic E-state index is 0.288. The Morgan fingerprint density at radius 3 is 2.73 bits per heavy atom. The highest BCUT2D eigenvalue weighted by atomic mass is 79.9. The number of hydrogen-bond donors (Lipinski definition) is 2. The Hall–Kier alpha value is -0.740. The normalized spacial score (nSPS) is 17.7. The lowest BCUT2D eigenvalue weighted by Gasteiger charge is -2.24. The van der Waals surface area contributed by atoms with Crippen LogP contribution in [0.3, 0.4) is 0 Å². The largest absolute Gasteiger partial charge is 0.506 e. The van der Waals surface area contributed by atoms with Gasteiger partial charge in [0.25, 0.3) is 0 Å². The van der Waals surface area contributed by atoms with E-state index in [2.05, 4.69) is 21.2 Å². The van der Waals surface area contributed by atoms with E-state index in [0.717, 1.165) is 36.2 Å². The maximum Gasteiger partial charge on any atom is 0.139 e. The zero-order valence-corrected chi connectivity index (χ0v) is 9.96. The summed E-state index contributed by atoms with van der Waals surface area (Å²) in [6, 6.07) is 5.91. The van der Waals surface area contributed by atoms with E-state index in [9.17, 15) is 5.11 Å². The number of anilines is 1. The molecule has 15 heavy (non-hydrogen) atoms. The second kappa shape index (κ2) is 4.86. The summed E-state index contributed by atoms with van der Waals surface area (Å²) >= 11 is 3.31. The number of phenols is 1. The number of aromatic hydroxyl groups is 1. The molecule has 1 aliphatic rings.